The molecular formula is C12H26N2. The van der Waals surface area contributed by atoms with E-state index in [1.54, 1.807) is 0 Å². The van der Waals surface area contributed by atoms with Gasteiger partial charge in [0.25, 0.3) is 0 Å². The highest BCUT2D eigenvalue weighted by Gasteiger charge is 2.23. The average Bonchev–Trinajstić information content (AvgIpc) is 2.29. The molecule has 0 saturated carbocycles. The fourth-order valence-electron chi connectivity index (χ4n) is 2.54. The van der Waals surface area contributed by atoms with E-state index in [2.05, 4.69) is 37.9 Å². The van der Waals surface area contributed by atoms with Gasteiger partial charge in [0.15, 0.2) is 0 Å². The lowest BCUT2D eigenvalue weighted by Gasteiger charge is -2.30. The summed E-state index contributed by atoms with van der Waals surface area (Å²) < 4.78 is 0. The van der Waals surface area contributed by atoms with Crippen molar-refractivity contribution in [3.8, 4) is 0 Å². The lowest BCUT2D eigenvalue weighted by atomic mass is 10.1. The highest BCUT2D eigenvalue weighted by molar-refractivity contribution is 4.80. The summed E-state index contributed by atoms with van der Waals surface area (Å²) in [6.07, 6.45) is 4.00. The smallest absolute Gasteiger partial charge is 0.00797 e. The van der Waals surface area contributed by atoms with Crippen molar-refractivity contribution in [1.29, 1.82) is 0 Å². The predicted octanol–water partition coefficient (Wildman–Crippen LogP) is 2.25. The van der Waals surface area contributed by atoms with Crippen LogP contribution in [0.5, 0.6) is 0 Å². The first kappa shape index (κ1) is 12.0. The van der Waals surface area contributed by atoms with Gasteiger partial charge in [0.1, 0.15) is 0 Å². The molecule has 1 N–H and O–H groups in total. The maximum Gasteiger partial charge on any atom is 0.00797 e. The van der Waals surface area contributed by atoms with Crippen molar-refractivity contribution in [2.24, 2.45) is 0 Å². The number of hydrogen-bond donors (Lipinski definition) is 1. The molecule has 0 spiro atoms. The summed E-state index contributed by atoms with van der Waals surface area (Å²) in [5.74, 6) is 0. The van der Waals surface area contributed by atoms with Crippen molar-refractivity contribution in [3.63, 3.8) is 0 Å². The standard InChI is InChI=1S/C12H26N2/c1-5-13-12-7-6-11(4)14(9-8-12)10(2)3/h10-13H,5-9H2,1-4H3/t11-,12?/m0/s1. The average molecular weight is 198 g/mol. The summed E-state index contributed by atoms with van der Waals surface area (Å²) in [4.78, 5) is 2.64. The fourth-order valence-corrected chi connectivity index (χ4v) is 2.54. The van der Waals surface area contributed by atoms with Crippen LogP contribution in [-0.2, 0) is 0 Å². The minimum absolute atomic E-state index is 0.699. The number of rotatable bonds is 3. The highest BCUT2D eigenvalue weighted by Crippen LogP contribution is 2.18. The molecule has 0 amide bonds. The van der Waals surface area contributed by atoms with Crippen LogP contribution in [0.2, 0.25) is 0 Å². The Morgan fingerprint density at radius 1 is 1.29 bits per heavy atom. The SMILES string of the molecule is CCNC1CC[C@H](C)N(C(C)C)CC1. The molecular weight excluding hydrogens is 172 g/mol. The first-order chi connectivity index (χ1) is 6.65. The van der Waals surface area contributed by atoms with Gasteiger partial charge in [-0.05, 0) is 46.6 Å². The third-order valence-corrected chi connectivity index (χ3v) is 3.39. The van der Waals surface area contributed by atoms with Crippen LogP contribution in [0.1, 0.15) is 47.0 Å². The first-order valence-electron chi connectivity index (χ1n) is 6.14. The van der Waals surface area contributed by atoms with Gasteiger partial charge in [0.2, 0.25) is 0 Å². The maximum absolute atomic E-state index is 3.58. The number of hydrogen-bond acceptors (Lipinski definition) is 2. The molecule has 2 atom stereocenters. The molecule has 84 valence electrons. The van der Waals surface area contributed by atoms with Gasteiger partial charge >= 0.3 is 0 Å². The van der Waals surface area contributed by atoms with Gasteiger partial charge in [0.05, 0.1) is 0 Å². The first-order valence-corrected chi connectivity index (χ1v) is 6.14. The second-order valence-corrected chi connectivity index (χ2v) is 4.80. The summed E-state index contributed by atoms with van der Waals surface area (Å²) in [7, 11) is 0. The van der Waals surface area contributed by atoms with Crippen LogP contribution >= 0.6 is 0 Å². The molecule has 1 saturated heterocycles. The molecule has 0 aliphatic carbocycles. The highest BCUT2D eigenvalue weighted by atomic mass is 15.2. The molecule has 14 heavy (non-hydrogen) atoms. The van der Waals surface area contributed by atoms with Crippen LogP contribution in [-0.4, -0.2) is 36.1 Å². The lowest BCUT2D eigenvalue weighted by Crippen LogP contribution is -2.38. The molecule has 1 aliphatic heterocycles. The Morgan fingerprint density at radius 2 is 2.00 bits per heavy atom. The largest absolute Gasteiger partial charge is 0.314 e. The van der Waals surface area contributed by atoms with Crippen molar-refractivity contribution >= 4 is 0 Å². The molecule has 0 aromatic carbocycles. The summed E-state index contributed by atoms with van der Waals surface area (Å²) in [6.45, 7) is 11.6. The molecule has 0 bridgehead atoms. The third kappa shape index (κ3) is 3.25. The zero-order valence-electron chi connectivity index (χ0n) is 10.2. The van der Waals surface area contributed by atoms with Crippen molar-refractivity contribution in [2.75, 3.05) is 13.1 Å². The Kier molecular flexibility index (Phi) is 4.90. The maximum atomic E-state index is 3.58. The second-order valence-electron chi connectivity index (χ2n) is 4.80. The molecule has 0 aromatic rings. The molecule has 0 aromatic heterocycles. The summed E-state index contributed by atoms with van der Waals surface area (Å²) in [6, 6.07) is 2.22. The van der Waals surface area contributed by atoms with Crippen LogP contribution < -0.4 is 5.32 Å². The van der Waals surface area contributed by atoms with Gasteiger partial charge in [-0.3, -0.25) is 4.90 Å². The fraction of sp³-hybridized carbons (Fsp3) is 1.00. The summed E-state index contributed by atoms with van der Waals surface area (Å²) >= 11 is 0. The minimum atomic E-state index is 0.699. The molecule has 2 heteroatoms. The van der Waals surface area contributed by atoms with E-state index in [-0.39, 0.29) is 0 Å². The molecule has 1 aliphatic rings. The topological polar surface area (TPSA) is 15.3 Å². The monoisotopic (exact) mass is 198 g/mol. The van der Waals surface area contributed by atoms with E-state index in [9.17, 15) is 0 Å². The zero-order valence-corrected chi connectivity index (χ0v) is 10.2. The quantitative estimate of drug-likeness (QED) is 0.748. The van der Waals surface area contributed by atoms with Gasteiger partial charge < -0.3 is 5.32 Å². The molecule has 1 heterocycles. The van der Waals surface area contributed by atoms with Gasteiger partial charge in [-0.15, -0.1) is 0 Å². The Bertz CT molecular complexity index is 156. The van der Waals surface area contributed by atoms with Gasteiger partial charge in [-0.1, -0.05) is 6.92 Å². The number of nitrogens with zero attached hydrogens (tertiary/aromatic N) is 1. The summed E-state index contributed by atoms with van der Waals surface area (Å²) in [5, 5.41) is 3.58. The van der Waals surface area contributed by atoms with Crippen LogP contribution in [0.3, 0.4) is 0 Å². The van der Waals surface area contributed by atoms with Crippen molar-refractivity contribution in [3.05, 3.63) is 0 Å². The van der Waals surface area contributed by atoms with Gasteiger partial charge in [0, 0.05) is 24.7 Å². The van der Waals surface area contributed by atoms with Crippen molar-refractivity contribution in [2.45, 2.75) is 65.1 Å². The van der Waals surface area contributed by atoms with Crippen LogP contribution in [0.25, 0.3) is 0 Å². The molecule has 1 rings (SSSR count). The molecule has 2 nitrogen and oxygen atoms in total. The zero-order chi connectivity index (χ0) is 10.6. The van der Waals surface area contributed by atoms with Gasteiger partial charge in [-0.2, -0.15) is 0 Å². The van der Waals surface area contributed by atoms with Gasteiger partial charge in [-0.25, -0.2) is 0 Å². The van der Waals surface area contributed by atoms with E-state index < -0.39 is 0 Å². The molecule has 1 fully saturated rings. The number of nitrogens with one attached hydrogen (secondary N) is 1. The third-order valence-electron chi connectivity index (χ3n) is 3.39. The normalized spacial score (nSPS) is 30.6. The predicted molar refractivity (Wildman–Crippen MR) is 62.6 cm³/mol. The Labute approximate surface area is 89.1 Å². The second kappa shape index (κ2) is 5.72. The Morgan fingerprint density at radius 3 is 2.57 bits per heavy atom. The van der Waals surface area contributed by atoms with Crippen LogP contribution in [0.15, 0.2) is 0 Å². The van der Waals surface area contributed by atoms with E-state index in [1.165, 1.54) is 25.8 Å². The van der Waals surface area contributed by atoms with E-state index in [0.29, 0.717) is 6.04 Å². The van der Waals surface area contributed by atoms with E-state index in [1.807, 2.05) is 0 Å². The van der Waals surface area contributed by atoms with Crippen molar-refractivity contribution < 1.29 is 0 Å². The van der Waals surface area contributed by atoms with E-state index >= 15 is 0 Å². The number of likely N-dealkylation sites (tertiary alicyclic amines) is 1. The Balaban J connectivity index is 2.45. The Hall–Kier alpha value is -0.0800. The summed E-state index contributed by atoms with van der Waals surface area (Å²) in [5.41, 5.74) is 0. The van der Waals surface area contributed by atoms with E-state index in [0.717, 1.165) is 18.6 Å². The van der Waals surface area contributed by atoms with E-state index in [4.69, 9.17) is 0 Å². The minimum Gasteiger partial charge on any atom is -0.314 e. The van der Waals surface area contributed by atoms with Crippen LogP contribution in [0, 0.1) is 0 Å². The molecule has 0 radical (unpaired) electrons. The lowest BCUT2D eigenvalue weighted by molar-refractivity contribution is 0.168. The molecule has 1 unspecified atom stereocenters. The van der Waals surface area contributed by atoms with Crippen LogP contribution in [0.4, 0.5) is 0 Å². The van der Waals surface area contributed by atoms with Crippen molar-refractivity contribution in [1.82, 2.24) is 10.2 Å².